The van der Waals surface area contributed by atoms with Crippen LogP contribution in [0.25, 0.3) is 0 Å². The Labute approximate surface area is 96.5 Å². The van der Waals surface area contributed by atoms with E-state index in [1.54, 1.807) is 19.1 Å². The molecule has 0 saturated heterocycles. The van der Waals surface area contributed by atoms with Crippen LogP contribution in [0.5, 0.6) is 11.6 Å². The van der Waals surface area contributed by atoms with Gasteiger partial charge in [0.1, 0.15) is 0 Å². The summed E-state index contributed by atoms with van der Waals surface area (Å²) < 4.78 is 5.37. The first kappa shape index (κ1) is 11.1. The minimum absolute atomic E-state index is 0.00810. The third-order valence-corrected chi connectivity index (χ3v) is 2.11. The van der Waals surface area contributed by atoms with Crippen LogP contribution in [0.4, 0.5) is 0 Å². The van der Waals surface area contributed by atoms with Gasteiger partial charge in [0.15, 0.2) is 5.75 Å². The first-order chi connectivity index (χ1) is 8.08. The van der Waals surface area contributed by atoms with E-state index in [0.717, 1.165) is 5.69 Å². The second-order valence-electron chi connectivity index (χ2n) is 3.43. The number of rotatable bonds is 3. The number of nitrogens with zero attached hydrogens (tertiary/aromatic N) is 3. The molecule has 2 heterocycles. The predicted molar refractivity (Wildman–Crippen MR) is 57.1 cm³/mol. The second-order valence-corrected chi connectivity index (χ2v) is 3.43. The van der Waals surface area contributed by atoms with Gasteiger partial charge in [0.2, 0.25) is 5.69 Å². The largest absolute Gasteiger partial charge is 0.476 e. The van der Waals surface area contributed by atoms with E-state index in [0.29, 0.717) is 11.4 Å². The van der Waals surface area contributed by atoms with Crippen molar-refractivity contribution in [2.24, 2.45) is 0 Å². The average Bonchev–Trinajstić information content (AvgIpc) is 2.70. The Morgan fingerprint density at radius 2 is 2.18 bits per heavy atom. The molecule has 0 aliphatic heterocycles. The van der Waals surface area contributed by atoms with E-state index >= 15 is 0 Å². The monoisotopic (exact) mass is 234 g/mol. The molecule has 0 bridgehead atoms. The van der Waals surface area contributed by atoms with Crippen LogP contribution in [-0.4, -0.2) is 31.5 Å². The number of H-pyrrole nitrogens is 1. The number of aryl methyl sites for hydroxylation is 2. The zero-order valence-electron chi connectivity index (χ0n) is 9.26. The molecular weight excluding hydrogens is 224 g/mol. The minimum atomic E-state index is -1.20. The van der Waals surface area contributed by atoms with Gasteiger partial charge < -0.3 is 9.84 Å². The molecule has 2 rings (SSSR count). The Bertz CT molecular complexity index is 564. The summed E-state index contributed by atoms with van der Waals surface area (Å²) in [6.07, 6.45) is 0. The summed E-state index contributed by atoms with van der Waals surface area (Å²) in [7, 11) is 0. The third kappa shape index (κ3) is 2.22. The lowest BCUT2D eigenvalue weighted by Crippen LogP contribution is -2.00. The highest BCUT2D eigenvalue weighted by Crippen LogP contribution is 2.23. The summed E-state index contributed by atoms with van der Waals surface area (Å²) in [6, 6.07) is 3.48. The number of carboxylic acid groups (broad SMARTS) is 1. The molecule has 0 saturated carbocycles. The normalized spacial score (nSPS) is 10.2. The molecule has 0 amide bonds. The molecule has 0 fully saturated rings. The van der Waals surface area contributed by atoms with E-state index in [4.69, 9.17) is 9.84 Å². The number of aromatic nitrogens is 4. The van der Waals surface area contributed by atoms with Crippen molar-refractivity contribution < 1.29 is 14.6 Å². The summed E-state index contributed by atoms with van der Waals surface area (Å²) >= 11 is 0. The first-order valence-electron chi connectivity index (χ1n) is 4.84. The molecule has 0 unspecified atom stereocenters. The van der Waals surface area contributed by atoms with Crippen LogP contribution in [-0.2, 0) is 0 Å². The van der Waals surface area contributed by atoms with Gasteiger partial charge in [-0.15, -0.1) is 5.10 Å². The summed E-state index contributed by atoms with van der Waals surface area (Å²) in [5.41, 5.74) is 1.26. The molecule has 2 N–H and O–H groups in total. The van der Waals surface area contributed by atoms with E-state index in [-0.39, 0.29) is 11.6 Å². The quantitative estimate of drug-likeness (QED) is 0.830. The summed E-state index contributed by atoms with van der Waals surface area (Å²) in [4.78, 5) is 15.0. The fourth-order valence-corrected chi connectivity index (χ4v) is 1.32. The number of carbonyl (C=O) groups is 1. The fraction of sp³-hybridized carbons (Fsp3) is 0.200. The van der Waals surface area contributed by atoms with E-state index in [2.05, 4.69) is 20.4 Å². The van der Waals surface area contributed by atoms with Crippen molar-refractivity contribution in [1.82, 2.24) is 20.4 Å². The van der Waals surface area contributed by atoms with E-state index in [9.17, 15) is 4.79 Å². The second kappa shape index (κ2) is 4.20. The van der Waals surface area contributed by atoms with Gasteiger partial charge in [0.05, 0.1) is 5.69 Å². The lowest BCUT2D eigenvalue weighted by Gasteiger charge is -2.06. The van der Waals surface area contributed by atoms with Crippen LogP contribution in [0.2, 0.25) is 0 Å². The van der Waals surface area contributed by atoms with Gasteiger partial charge in [-0.2, -0.15) is 0 Å². The van der Waals surface area contributed by atoms with Crippen molar-refractivity contribution in [3.8, 4) is 11.6 Å². The van der Waals surface area contributed by atoms with E-state index in [1.807, 2.05) is 6.92 Å². The Balaban J connectivity index is 2.31. The molecular formula is C10H10N4O3. The van der Waals surface area contributed by atoms with Crippen LogP contribution in [0.3, 0.4) is 0 Å². The fourth-order valence-electron chi connectivity index (χ4n) is 1.32. The van der Waals surface area contributed by atoms with Gasteiger partial charge >= 0.3 is 5.97 Å². The molecule has 0 aliphatic rings. The third-order valence-electron chi connectivity index (χ3n) is 2.11. The van der Waals surface area contributed by atoms with Gasteiger partial charge in [-0.1, -0.05) is 5.21 Å². The Kier molecular flexibility index (Phi) is 2.73. The van der Waals surface area contributed by atoms with Gasteiger partial charge in [-0.3, -0.25) is 4.98 Å². The molecule has 0 atom stereocenters. The standard InChI is InChI=1S/C10H10N4O3/c1-5-3-4-7(6(2)11-5)17-9-8(10(15)16)12-14-13-9/h3-4H,1-2H3,(H,15,16)(H,12,13,14). The van der Waals surface area contributed by atoms with Gasteiger partial charge in [-0.25, -0.2) is 9.89 Å². The summed E-state index contributed by atoms with van der Waals surface area (Å²) in [5.74, 6) is -0.748. The molecule has 17 heavy (non-hydrogen) atoms. The van der Waals surface area contributed by atoms with Crippen molar-refractivity contribution in [2.75, 3.05) is 0 Å². The van der Waals surface area contributed by atoms with E-state index in [1.165, 1.54) is 0 Å². The summed E-state index contributed by atoms with van der Waals surface area (Å²) in [5, 5.41) is 18.0. The molecule has 0 aromatic carbocycles. The molecule has 0 radical (unpaired) electrons. The topological polar surface area (TPSA) is 101 Å². The van der Waals surface area contributed by atoms with Gasteiger partial charge in [0.25, 0.3) is 5.88 Å². The number of aromatic carboxylic acids is 1. The van der Waals surface area contributed by atoms with Crippen LogP contribution in [0, 0.1) is 13.8 Å². The predicted octanol–water partition coefficient (Wildman–Crippen LogP) is 1.31. The Morgan fingerprint density at radius 3 is 2.82 bits per heavy atom. The van der Waals surface area contributed by atoms with Gasteiger partial charge in [0, 0.05) is 5.69 Å². The number of hydrogen-bond donors (Lipinski definition) is 2. The van der Waals surface area contributed by atoms with Crippen molar-refractivity contribution in [1.29, 1.82) is 0 Å². The highest BCUT2D eigenvalue weighted by Gasteiger charge is 2.17. The van der Waals surface area contributed by atoms with E-state index < -0.39 is 5.97 Å². The molecule has 7 nitrogen and oxygen atoms in total. The number of hydrogen-bond acceptors (Lipinski definition) is 5. The van der Waals surface area contributed by atoms with Crippen LogP contribution >= 0.6 is 0 Å². The Hall–Kier alpha value is -2.44. The molecule has 88 valence electrons. The molecule has 7 heteroatoms. The molecule has 0 spiro atoms. The number of nitrogens with one attached hydrogen (secondary N) is 1. The molecule has 0 aliphatic carbocycles. The maximum atomic E-state index is 10.8. The zero-order chi connectivity index (χ0) is 12.4. The van der Waals surface area contributed by atoms with Crippen LogP contribution in [0.1, 0.15) is 21.9 Å². The minimum Gasteiger partial charge on any atom is -0.476 e. The lowest BCUT2D eigenvalue weighted by molar-refractivity contribution is 0.0687. The SMILES string of the molecule is Cc1ccc(Oc2[nH]nnc2C(=O)O)c(C)n1. The van der Waals surface area contributed by atoms with Crippen molar-refractivity contribution >= 4 is 5.97 Å². The number of ether oxygens (including phenoxy) is 1. The number of carboxylic acids is 1. The molecule has 2 aromatic rings. The highest BCUT2D eigenvalue weighted by atomic mass is 16.5. The molecule has 2 aromatic heterocycles. The average molecular weight is 234 g/mol. The van der Waals surface area contributed by atoms with Gasteiger partial charge in [-0.05, 0) is 26.0 Å². The van der Waals surface area contributed by atoms with Crippen molar-refractivity contribution in [3.05, 3.63) is 29.2 Å². The Morgan fingerprint density at radius 1 is 1.41 bits per heavy atom. The summed E-state index contributed by atoms with van der Waals surface area (Å²) in [6.45, 7) is 3.63. The zero-order valence-corrected chi connectivity index (χ0v) is 9.26. The van der Waals surface area contributed by atoms with Crippen molar-refractivity contribution in [2.45, 2.75) is 13.8 Å². The number of pyridine rings is 1. The number of aromatic amines is 1. The van der Waals surface area contributed by atoms with Crippen LogP contribution in [0.15, 0.2) is 12.1 Å². The van der Waals surface area contributed by atoms with Crippen LogP contribution < -0.4 is 4.74 Å². The lowest BCUT2D eigenvalue weighted by atomic mass is 10.3. The maximum absolute atomic E-state index is 10.8. The first-order valence-corrected chi connectivity index (χ1v) is 4.84. The van der Waals surface area contributed by atoms with Crippen molar-refractivity contribution in [3.63, 3.8) is 0 Å². The smallest absolute Gasteiger partial charge is 0.362 e. The highest BCUT2D eigenvalue weighted by molar-refractivity contribution is 5.87. The maximum Gasteiger partial charge on any atom is 0.362 e.